The molecule has 0 aliphatic carbocycles. The molecule has 0 aromatic carbocycles. The van der Waals surface area contributed by atoms with Gasteiger partial charge in [-0.2, -0.15) is 0 Å². The summed E-state index contributed by atoms with van der Waals surface area (Å²) in [7, 11) is 1.70. The van der Waals surface area contributed by atoms with Gasteiger partial charge < -0.3 is 15.8 Å². The number of nitrogens with two attached hydrogens (primary N) is 1. The molecule has 3 N–H and O–H groups in total. The van der Waals surface area contributed by atoms with Crippen molar-refractivity contribution in [3.05, 3.63) is 0 Å². The molecule has 0 bridgehead atoms. The van der Waals surface area contributed by atoms with Gasteiger partial charge in [-0.1, -0.05) is 20.8 Å². The number of nitrogens with zero attached hydrogens (tertiary/aromatic N) is 1. The monoisotopic (exact) mass is 329 g/mol. The molecule has 0 saturated heterocycles. The summed E-state index contributed by atoms with van der Waals surface area (Å²) in [4.78, 5) is 4.21. The number of halogens is 1. The lowest BCUT2D eigenvalue weighted by Gasteiger charge is -2.27. The molecule has 0 rings (SSSR count). The van der Waals surface area contributed by atoms with Crippen LogP contribution in [-0.4, -0.2) is 32.3 Å². The largest absolute Gasteiger partial charge is 0.379 e. The number of hydrogen-bond donors (Lipinski definition) is 2. The van der Waals surface area contributed by atoms with Crippen molar-refractivity contribution in [2.45, 2.75) is 33.8 Å². The third-order valence-corrected chi connectivity index (χ3v) is 2.04. The molecular weight excluding hydrogens is 305 g/mol. The van der Waals surface area contributed by atoms with Crippen LogP contribution in [-0.2, 0) is 4.74 Å². The number of methoxy groups -OCH3 is 1. The second kappa shape index (κ2) is 8.15. The number of hydrogen-bond acceptors (Lipinski definition) is 2. The number of aliphatic imine (C=N–C) groups is 1. The maximum atomic E-state index is 5.61. The summed E-state index contributed by atoms with van der Waals surface area (Å²) < 4.78 is 5.35. The van der Waals surface area contributed by atoms with Gasteiger partial charge in [-0.05, 0) is 12.3 Å². The lowest BCUT2D eigenvalue weighted by atomic mass is 9.89. The third kappa shape index (κ3) is 7.84. The predicted octanol–water partition coefficient (Wildman–Crippen LogP) is 1.59. The lowest BCUT2D eigenvalue weighted by molar-refractivity contribution is 0.0241. The van der Waals surface area contributed by atoms with Gasteiger partial charge in [-0.25, -0.2) is 0 Å². The Morgan fingerprint density at radius 2 is 2.00 bits per heavy atom. The minimum absolute atomic E-state index is 0. The second-order valence-corrected chi connectivity index (χ2v) is 4.35. The Bertz CT molecular complexity index is 190. The quantitative estimate of drug-likeness (QED) is 0.468. The zero-order valence-electron chi connectivity index (χ0n) is 10.3. The smallest absolute Gasteiger partial charge is 0.188 e. The van der Waals surface area contributed by atoms with Crippen molar-refractivity contribution < 1.29 is 4.74 Å². The molecule has 0 fully saturated rings. The highest BCUT2D eigenvalue weighted by Crippen LogP contribution is 2.21. The summed E-state index contributed by atoms with van der Waals surface area (Å²) in [5.41, 5.74) is 5.70. The molecule has 0 aliphatic heterocycles. The molecule has 1 unspecified atom stereocenters. The van der Waals surface area contributed by atoms with Crippen molar-refractivity contribution >= 4 is 29.9 Å². The number of guanidine groups is 1. The first-order chi connectivity index (χ1) is 6.41. The Morgan fingerprint density at radius 1 is 1.47 bits per heavy atom. The molecule has 0 saturated carbocycles. The Kier molecular flexibility index (Phi) is 9.43. The first-order valence-corrected chi connectivity index (χ1v) is 4.98. The highest BCUT2D eigenvalue weighted by atomic mass is 127. The Balaban J connectivity index is 0. The number of ether oxygens (including phenoxy) is 1. The summed E-state index contributed by atoms with van der Waals surface area (Å²) in [6.07, 6.45) is 0.0970. The molecule has 0 amide bonds. The molecule has 4 nitrogen and oxygen atoms in total. The molecule has 5 heteroatoms. The van der Waals surface area contributed by atoms with E-state index in [1.54, 1.807) is 7.11 Å². The average Bonchev–Trinajstić information content (AvgIpc) is 2.03. The summed E-state index contributed by atoms with van der Waals surface area (Å²) in [5.74, 6) is 0.485. The Hall–Kier alpha value is -0.0400. The fourth-order valence-corrected chi connectivity index (χ4v) is 1.12. The maximum Gasteiger partial charge on any atom is 0.188 e. The van der Waals surface area contributed by atoms with E-state index in [1.807, 2.05) is 6.92 Å². The van der Waals surface area contributed by atoms with Crippen LogP contribution in [0.15, 0.2) is 4.99 Å². The van der Waals surface area contributed by atoms with E-state index in [0.29, 0.717) is 12.5 Å². The van der Waals surface area contributed by atoms with E-state index in [4.69, 9.17) is 10.5 Å². The van der Waals surface area contributed by atoms with Crippen LogP contribution in [0.1, 0.15) is 27.7 Å². The van der Waals surface area contributed by atoms with E-state index in [2.05, 4.69) is 31.1 Å². The standard InChI is InChI=1S/C10H23N3O.HI/c1-6-12-9(11)13-7-8(14-5)10(2,3)4;/h8H,6-7H2,1-5H3,(H3,11,12,13);1H. The molecule has 0 spiro atoms. The summed E-state index contributed by atoms with van der Waals surface area (Å²) in [6, 6.07) is 0. The molecule has 1 atom stereocenters. The predicted molar refractivity (Wildman–Crippen MR) is 75.8 cm³/mol. The highest BCUT2D eigenvalue weighted by molar-refractivity contribution is 14.0. The van der Waals surface area contributed by atoms with Crippen LogP contribution in [0.4, 0.5) is 0 Å². The van der Waals surface area contributed by atoms with Crippen molar-refractivity contribution in [3.63, 3.8) is 0 Å². The molecule has 0 aromatic rings. The van der Waals surface area contributed by atoms with E-state index in [1.165, 1.54) is 0 Å². The van der Waals surface area contributed by atoms with Crippen molar-refractivity contribution in [2.75, 3.05) is 20.2 Å². The van der Waals surface area contributed by atoms with Gasteiger partial charge in [-0.3, -0.25) is 4.99 Å². The van der Waals surface area contributed by atoms with Crippen molar-refractivity contribution in [3.8, 4) is 0 Å². The van der Waals surface area contributed by atoms with Crippen LogP contribution in [0, 0.1) is 5.41 Å². The normalized spacial score (nSPS) is 14.3. The van der Waals surface area contributed by atoms with E-state index in [9.17, 15) is 0 Å². The van der Waals surface area contributed by atoms with Crippen molar-refractivity contribution in [2.24, 2.45) is 16.1 Å². The topological polar surface area (TPSA) is 59.6 Å². The fourth-order valence-electron chi connectivity index (χ4n) is 1.12. The van der Waals surface area contributed by atoms with Crippen molar-refractivity contribution in [1.82, 2.24) is 5.32 Å². The van der Waals surface area contributed by atoms with Gasteiger partial charge in [0.2, 0.25) is 0 Å². The molecule has 0 heterocycles. The summed E-state index contributed by atoms with van der Waals surface area (Å²) in [5, 5.41) is 2.95. The molecule has 92 valence electrons. The van der Waals surface area contributed by atoms with Crippen LogP contribution in [0.2, 0.25) is 0 Å². The minimum Gasteiger partial charge on any atom is -0.379 e. The van der Waals surface area contributed by atoms with E-state index < -0.39 is 0 Å². The lowest BCUT2D eigenvalue weighted by Crippen LogP contribution is -2.35. The first kappa shape index (κ1) is 17.4. The Morgan fingerprint density at radius 3 is 2.33 bits per heavy atom. The van der Waals surface area contributed by atoms with Crippen LogP contribution in [0.3, 0.4) is 0 Å². The summed E-state index contributed by atoms with van der Waals surface area (Å²) in [6.45, 7) is 9.75. The van der Waals surface area contributed by atoms with E-state index in [-0.39, 0.29) is 35.5 Å². The summed E-state index contributed by atoms with van der Waals surface area (Å²) >= 11 is 0. The molecule has 0 aromatic heterocycles. The molecule has 0 aliphatic rings. The van der Waals surface area contributed by atoms with E-state index >= 15 is 0 Å². The third-order valence-electron chi connectivity index (χ3n) is 2.04. The van der Waals surface area contributed by atoms with E-state index in [0.717, 1.165) is 6.54 Å². The van der Waals surface area contributed by atoms with Gasteiger partial charge in [-0.15, -0.1) is 24.0 Å². The van der Waals surface area contributed by atoms with Gasteiger partial charge in [0.15, 0.2) is 5.96 Å². The highest BCUT2D eigenvalue weighted by Gasteiger charge is 2.23. The molecule has 15 heavy (non-hydrogen) atoms. The van der Waals surface area contributed by atoms with Crippen molar-refractivity contribution in [1.29, 1.82) is 0 Å². The molecular formula is C10H24IN3O. The number of nitrogens with one attached hydrogen (secondary N) is 1. The zero-order chi connectivity index (χ0) is 11.2. The van der Waals surface area contributed by atoms with Gasteiger partial charge in [0.1, 0.15) is 0 Å². The van der Waals surface area contributed by atoms with Crippen LogP contribution in [0.5, 0.6) is 0 Å². The first-order valence-electron chi connectivity index (χ1n) is 4.98. The average molecular weight is 329 g/mol. The van der Waals surface area contributed by atoms with Gasteiger partial charge in [0.05, 0.1) is 12.6 Å². The van der Waals surface area contributed by atoms with Gasteiger partial charge >= 0.3 is 0 Å². The number of rotatable bonds is 4. The zero-order valence-corrected chi connectivity index (χ0v) is 12.7. The van der Waals surface area contributed by atoms with Crippen LogP contribution in [0.25, 0.3) is 0 Å². The SMILES string of the molecule is CCNC(N)=NCC(OC)C(C)(C)C.I. The van der Waals surface area contributed by atoms with Gasteiger partial charge in [0, 0.05) is 13.7 Å². The minimum atomic E-state index is 0. The van der Waals surface area contributed by atoms with Crippen LogP contribution >= 0.6 is 24.0 Å². The second-order valence-electron chi connectivity index (χ2n) is 4.35. The maximum absolute atomic E-state index is 5.61. The van der Waals surface area contributed by atoms with Gasteiger partial charge in [0.25, 0.3) is 0 Å². The fraction of sp³-hybridized carbons (Fsp3) is 0.900. The van der Waals surface area contributed by atoms with Crippen LogP contribution < -0.4 is 11.1 Å². The Labute approximate surface area is 110 Å². The molecule has 0 radical (unpaired) electrons.